The Labute approximate surface area is 56.7 Å². The van der Waals surface area contributed by atoms with E-state index in [1.807, 2.05) is 0 Å². The standard InChI is InChI=1S/C6H5N3O/c1-2-9-6-4-10-8-5(6)3-7-9/h2-4H,1H2. The lowest BCUT2D eigenvalue weighted by atomic mass is 10.5. The molecule has 50 valence electrons. The van der Waals surface area contributed by atoms with Crippen molar-refractivity contribution in [3.63, 3.8) is 0 Å². The Morgan fingerprint density at radius 1 is 1.70 bits per heavy atom. The van der Waals surface area contributed by atoms with E-state index in [-0.39, 0.29) is 0 Å². The molecule has 0 unspecified atom stereocenters. The summed E-state index contributed by atoms with van der Waals surface area (Å²) in [6.07, 6.45) is 4.75. The van der Waals surface area contributed by atoms with Crippen LogP contribution in [0.4, 0.5) is 0 Å². The molecule has 10 heavy (non-hydrogen) atoms. The van der Waals surface area contributed by atoms with Gasteiger partial charge in [-0.1, -0.05) is 11.7 Å². The molecule has 0 saturated heterocycles. The number of hydrogen-bond acceptors (Lipinski definition) is 3. The molecule has 0 saturated carbocycles. The second-order valence-corrected chi connectivity index (χ2v) is 1.86. The van der Waals surface area contributed by atoms with E-state index in [2.05, 4.69) is 21.4 Å². The van der Waals surface area contributed by atoms with Crippen LogP contribution >= 0.6 is 0 Å². The topological polar surface area (TPSA) is 43.9 Å². The normalized spacial score (nSPS) is 10.4. The van der Waals surface area contributed by atoms with Crippen molar-refractivity contribution in [3.05, 3.63) is 19.0 Å². The molecule has 0 N–H and O–H groups in total. The van der Waals surface area contributed by atoms with Gasteiger partial charge in [0.1, 0.15) is 11.8 Å². The van der Waals surface area contributed by atoms with Crippen LogP contribution in [0.5, 0.6) is 0 Å². The van der Waals surface area contributed by atoms with Crippen LogP contribution < -0.4 is 0 Å². The lowest BCUT2D eigenvalue weighted by molar-refractivity contribution is 0.427. The van der Waals surface area contributed by atoms with Gasteiger partial charge in [0, 0.05) is 6.20 Å². The van der Waals surface area contributed by atoms with Gasteiger partial charge < -0.3 is 4.52 Å². The van der Waals surface area contributed by atoms with Crippen LogP contribution in [-0.2, 0) is 0 Å². The summed E-state index contributed by atoms with van der Waals surface area (Å²) in [4.78, 5) is 0. The minimum Gasteiger partial charge on any atom is -0.362 e. The fourth-order valence-corrected chi connectivity index (χ4v) is 0.826. The van der Waals surface area contributed by atoms with Crippen LogP contribution in [0.15, 0.2) is 23.6 Å². The molecule has 0 radical (unpaired) electrons. The second kappa shape index (κ2) is 1.70. The molecule has 4 heteroatoms. The Kier molecular flexibility index (Phi) is 0.887. The first-order valence-electron chi connectivity index (χ1n) is 2.82. The van der Waals surface area contributed by atoms with E-state index in [1.54, 1.807) is 17.1 Å². The zero-order valence-electron chi connectivity index (χ0n) is 5.19. The van der Waals surface area contributed by atoms with Crippen molar-refractivity contribution < 1.29 is 4.52 Å². The third-order valence-corrected chi connectivity index (χ3v) is 1.30. The summed E-state index contributed by atoms with van der Waals surface area (Å²) < 4.78 is 6.29. The SMILES string of the molecule is C=Cn1ncc2nocc21. The Bertz CT molecular complexity index is 360. The van der Waals surface area contributed by atoms with Crippen molar-refractivity contribution in [2.24, 2.45) is 0 Å². The smallest absolute Gasteiger partial charge is 0.152 e. The van der Waals surface area contributed by atoms with Gasteiger partial charge in [-0.25, -0.2) is 4.68 Å². The molecule has 2 aromatic heterocycles. The van der Waals surface area contributed by atoms with Gasteiger partial charge >= 0.3 is 0 Å². The van der Waals surface area contributed by atoms with Crippen molar-refractivity contribution in [2.45, 2.75) is 0 Å². The summed E-state index contributed by atoms with van der Waals surface area (Å²) in [7, 11) is 0. The van der Waals surface area contributed by atoms with Crippen LogP contribution in [-0.4, -0.2) is 14.9 Å². The molecule has 2 aromatic rings. The fourth-order valence-electron chi connectivity index (χ4n) is 0.826. The predicted molar refractivity (Wildman–Crippen MR) is 36.2 cm³/mol. The zero-order valence-corrected chi connectivity index (χ0v) is 5.19. The first-order chi connectivity index (χ1) is 4.92. The van der Waals surface area contributed by atoms with Crippen molar-refractivity contribution in [1.82, 2.24) is 14.9 Å². The van der Waals surface area contributed by atoms with Gasteiger partial charge in [0.25, 0.3) is 0 Å². The lowest BCUT2D eigenvalue weighted by Crippen LogP contribution is -1.83. The minimum absolute atomic E-state index is 0.750. The number of fused-ring (bicyclic) bond motifs is 1. The van der Waals surface area contributed by atoms with E-state index in [4.69, 9.17) is 0 Å². The van der Waals surface area contributed by atoms with Crippen LogP contribution in [0, 0.1) is 0 Å². The maximum absolute atomic E-state index is 4.69. The average molecular weight is 135 g/mol. The molecular formula is C6H5N3O. The molecule has 0 aromatic carbocycles. The number of rotatable bonds is 1. The highest BCUT2D eigenvalue weighted by Gasteiger charge is 2.01. The van der Waals surface area contributed by atoms with Gasteiger partial charge in [-0.05, 0) is 0 Å². The van der Waals surface area contributed by atoms with Gasteiger partial charge in [0.05, 0.1) is 6.20 Å². The zero-order chi connectivity index (χ0) is 6.97. The van der Waals surface area contributed by atoms with Crippen LogP contribution in [0.1, 0.15) is 0 Å². The molecule has 0 spiro atoms. The third kappa shape index (κ3) is 0.500. The molecule has 0 aliphatic carbocycles. The molecule has 2 rings (SSSR count). The number of nitrogens with zero attached hydrogens (tertiary/aromatic N) is 3. The van der Waals surface area contributed by atoms with Gasteiger partial charge in [0.2, 0.25) is 0 Å². The highest BCUT2D eigenvalue weighted by atomic mass is 16.5. The maximum Gasteiger partial charge on any atom is 0.152 e. The first kappa shape index (κ1) is 5.22. The third-order valence-electron chi connectivity index (χ3n) is 1.30. The summed E-state index contributed by atoms with van der Waals surface area (Å²) in [5, 5.41) is 7.63. The predicted octanol–water partition coefficient (Wildman–Crippen LogP) is 1.12. The molecule has 0 aliphatic rings. The minimum atomic E-state index is 0.750. The lowest BCUT2D eigenvalue weighted by Gasteiger charge is -1.84. The fraction of sp³-hybridized carbons (Fsp3) is 0. The molecule has 0 fully saturated rings. The quantitative estimate of drug-likeness (QED) is 0.588. The van der Waals surface area contributed by atoms with E-state index in [0.717, 1.165) is 11.0 Å². The summed E-state index contributed by atoms with van der Waals surface area (Å²) in [6.45, 7) is 3.56. The van der Waals surface area contributed by atoms with E-state index < -0.39 is 0 Å². The Morgan fingerprint density at radius 2 is 2.60 bits per heavy atom. The van der Waals surface area contributed by atoms with E-state index in [9.17, 15) is 0 Å². The van der Waals surface area contributed by atoms with Crippen LogP contribution in [0.2, 0.25) is 0 Å². The first-order valence-corrected chi connectivity index (χ1v) is 2.82. The summed E-state index contributed by atoms with van der Waals surface area (Å²) >= 11 is 0. The number of aromatic nitrogens is 3. The maximum atomic E-state index is 4.69. The van der Waals surface area contributed by atoms with Crippen LogP contribution in [0.25, 0.3) is 17.2 Å². The van der Waals surface area contributed by atoms with E-state index in [1.165, 1.54) is 6.26 Å². The second-order valence-electron chi connectivity index (χ2n) is 1.86. The molecule has 2 heterocycles. The monoisotopic (exact) mass is 135 g/mol. The highest BCUT2D eigenvalue weighted by molar-refractivity contribution is 5.74. The molecule has 0 amide bonds. The van der Waals surface area contributed by atoms with Gasteiger partial charge in [-0.3, -0.25) is 0 Å². The van der Waals surface area contributed by atoms with Crippen molar-refractivity contribution >= 4 is 17.2 Å². The summed E-state index contributed by atoms with van der Waals surface area (Å²) in [5.74, 6) is 0. The Morgan fingerprint density at radius 3 is 3.40 bits per heavy atom. The molecule has 4 nitrogen and oxygen atoms in total. The Hall–Kier alpha value is -1.58. The van der Waals surface area contributed by atoms with Crippen molar-refractivity contribution in [1.29, 1.82) is 0 Å². The molecule has 0 bridgehead atoms. The van der Waals surface area contributed by atoms with Gasteiger partial charge in [-0.15, -0.1) is 0 Å². The van der Waals surface area contributed by atoms with Crippen molar-refractivity contribution in [3.8, 4) is 0 Å². The summed E-state index contributed by atoms with van der Waals surface area (Å²) in [6, 6.07) is 0. The molecule has 0 aliphatic heterocycles. The van der Waals surface area contributed by atoms with Crippen molar-refractivity contribution in [2.75, 3.05) is 0 Å². The molecular weight excluding hydrogens is 130 g/mol. The largest absolute Gasteiger partial charge is 0.362 e. The average Bonchev–Trinajstić information content (AvgIpc) is 2.44. The highest BCUT2D eigenvalue weighted by Crippen LogP contribution is 2.09. The van der Waals surface area contributed by atoms with Crippen LogP contribution in [0.3, 0.4) is 0 Å². The molecule has 0 atom stereocenters. The summed E-state index contributed by atoms with van der Waals surface area (Å²) in [5.41, 5.74) is 1.59. The Balaban J connectivity index is 2.88. The number of hydrogen-bond donors (Lipinski definition) is 0. The van der Waals surface area contributed by atoms with E-state index >= 15 is 0 Å². The van der Waals surface area contributed by atoms with Gasteiger partial charge in [0.15, 0.2) is 5.52 Å². The van der Waals surface area contributed by atoms with E-state index in [0.29, 0.717) is 0 Å². The van der Waals surface area contributed by atoms with Gasteiger partial charge in [-0.2, -0.15) is 5.10 Å².